The molecule has 1 heterocycles. The molecule has 2 N–H and O–H groups in total. The molecule has 4 heteroatoms. The van der Waals surface area contributed by atoms with E-state index in [0.29, 0.717) is 25.0 Å². The quantitative estimate of drug-likeness (QED) is 0.765. The van der Waals surface area contributed by atoms with Gasteiger partial charge >= 0.3 is 0 Å². The summed E-state index contributed by atoms with van der Waals surface area (Å²) in [6.07, 6.45) is 3.68. The summed E-state index contributed by atoms with van der Waals surface area (Å²) in [7, 11) is 0. The standard InChI is InChI=1S/C13H26N2O2/c1-11(2)10-17-12-5-8-15(9-6-12)13(16)4-3-7-14/h11-12H,3-10,14H2,1-2H3. The molecule has 0 radical (unpaired) electrons. The molecule has 0 saturated carbocycles. The number of rotatable bonds is 6. The molecule has 1 fully saturated rings. The van der Waals surface area contributed by atoms with Crippen molar-refractivity contribution >= 4 is 5.91 Å². The van der Waals surface area contributed by atoms with Gasteiger partial charge in [-0.3, -0.25) is 4.79 Å². The molecule has 1 saturated heterocycles. The first-order chi connectivity index (χ1) is 8.13. The zero-order valence-corrected chi connectivity index (χ0v) is 11.2. The van der Waals surface area contributed by atoms with Crippen LogP contribution in [-0.4, -0.2) is 43.2 Å². The van der Waals surface area contributed by atoms with E-state index in [9.17, 15) is 4.79 Å². The highest BCUT2D eigenvalue weighted by Crippen LogP contribution is 2.15. The van der Waals surface area contributed by atoms with Gasteiger partial charge in [-0.05, 0) is 31.7 Å². The molecule has 1 rings (SSSR count). The van der Waals surface area contributed by atoms with Crippen LogP contribution in [0.2, 0.25) is 0 Å². The first-order valence-electron chi connectivity index (χ1n) is 6.73. The maximum atomic E-state index is 11.8. The summed E-state index contributed by atoms with van der Waals surface area (Å²) in [5.41, 5.74) is 5.41. The molecular formula is C13H26N2O2. The van der Waals surface area contributed by atoms with Crippen LogP contribution >= 0.6 is 0 Å². The van der Waals surface area contributed by atoms with Crippen molar-refractivity contribution in [3.8, 4) is 0 Å². The van der Waals surface area contributed by atoms with Crippen LogP contribution in [0, 0.1) is 5.92 Å². The Morgan fingerprint density at radius 2 is 2.06 bits per heavy atom. The maximum Gasteiger partial charge on any atom is 0.222 e. The van der Waals surface area contributed by atoms with Gasteiger partial charge in [0.1, 0.15) is 0 Å². The largest absolute Gasteiger partial charge is 0.378 e. The van der Waals surface area contributed by atoms with E-state index in [4.69, 9.17) is 10.5 Å². The van der Waals surface area contributed by atoms with Crippen molar-refractivity contribution in [1.29, 1.82) is 0 Å². The number of hydrogen-bond donors (Lipinski definition) is 1. The molecule has 1 aliphatic rings. The molecule has 0 aromatic heterocycles. The second kappa shape index (κ2) is 7.67. The first kappa shape index (κ1) is 14.5. The van der Waals surface area contributed by atoms with Crippen LogP contribution in [0.5, 0.6) is 0 Å². The molecule has 0 spiro atoms. The number of amides is 1. The number of nitrogens with two attached hydrogens (primary N) is 1. The van der Waals surface area contributed by atoms with Crippen LogP contribution in [0.4, 0.5) is 0 Å². The SMILES string of the molecule is CC(C)COC1CCN(C(=O)CCCN)CC1. The molecule has 1 amide bonds. The number of likely N-dealkylation sites (tertiary alicyclic amines) is 1. The van der Waals surface area contributed by atoms with Crippen molar-refractivity contribution in [2.24, 2.45) is 11.7 Å². The second-order valence-electron chi connectivity index (χ2n) is 5.20. The number of carbonyl (C=O) groups excluding carboxylic acids is 1. The van der Waals surface area contributed by atoms with Crippen molar-refractivity contribution in [3.05, 3.63) is 0 Å². The highest BCUT2D eigenvalue weighted by atomic mass is 16.5. The van der Waals surface area contributed by atoms with Crippen LogP contribution < -0.4 is 5.73 Å². The lowest BCUT2D eigenvalue weighted by molar-refractivity contribution is -0.134. The van der Waals surface area contributed by atoms with E-state index in [2.05, 4.69) is 13.8 Å². The summed E-state index contributed by atoms with van der Waals surface area (Å²) >= 11 is 0. The smallest absolute Gasteiger partial charge is 0.222 e. The maximum absolute atomic E-state index is 11.8. The zero-order valence-electron chi connectivity index (χ0n) is 11.2. The van der Waals surface area contributed by atoms with E-state index in [1.807, 2.05) is 4.90 Å². The van der Waals surface area contributed by atoms with Crippen LogP contribution in [0.1, 0.15) is 39.5 Å². The lowest BCUT2D eigenvalue weighted by atomic mass is 10.1. The number of carbonyl (C=O) groups is 1. The van der Waals surface area contributed by atoms with Crippen molar-refractivity contribution in [3.63, 3.8) is 0 Å². The van der Waals surface area contributed by atoms with Crippen LogP contribution in [0.15, 0.2) is 0 Å². The highest BCUT2D eigenvalue weighted by molar-refractivity contribution is 5.76. The van der Waals surface area contributed by atoms with Crippen LogP contribution in [0.3, 0.4) is 0 Å². The molecule has 0 unspecified atom stereocenters. The van der Waals surface area contributed by atoms with E-state index < -0.39 is 0 Å². The normalized spacial score (nSPS) is 17.8. The fraction of sp³-hybridized carbons (Fsp3) is 0.923. The molecule has 0 atom stereocenters. The van der Waals surface area contributed by atoms with E-state index >= 15 is 0 Å². The summed E-state index contributed by atoms with van der Waals surface area (Å²) in [5.74, 6) is 0.831. The summed E-state index contributed by atoms with van der Waals surface area (Å²) in [5, 5.41) is 0. The predicted octanol–water partition coefficient (Wildman–Crippen LogP) is 1.39. The van der Waals surface area contributed by atoms with E-state index in [1.165, 1.54) is 0 Å². The Kier molecular flexibility index (Phi) is 6.52. The third-order valence-electron chi connectivity index (χ3n) is 3.05. The topological polar surface area (TPSA) is 55.6 Å². The van der Waals surface area contributed by atoms with Gasteiger partial charge in [-0.25, -0.2) is 0 Å². The molecule has 0 bridgehead atoms. The number of ether oxygens (including phenoxy) is 1. The Labute approximate surface area is 104 Å². The number of nitrogens with zero attached hydrogens (tertiary/aromatic N) is 1. The van der Waals surface area contributed by atoms with Crippen molar-refractivity contribution in [2.45, 2.75) is 45.6 Å². The van der Waals surface area contributed by atoms with Gasteiger partial charge in [-0.2, -0.15) is 0 Å². The minimum Gasteiger partial charge on any atom is -0.378 e. The third-order valence-corrected chi connectivity index (χ3v) is 3.05. The van der Waals surface area contributed by atoms with Gasteiger partial charge in [0.2, 0.25) is 5.91 Å². The van der Waals surface area contributed by atoms with Crippen molar-refractivity contribution in [1.82, 2.24) is 4.90 Å². The Morgan fingerprint density at radius 3 is 2.59 bits per heavy atom. The average molecular weight is 242 g/mol. The molecular weight excluding hydrogens is 216 g/mol. The summed E-state index contributed by atoms with van der Waals surface area (Å²) < 4.78 is 5.80. The lowest BCUT2D eigenvalue weighted by Crippen LogP contribution is -2.41. The van der Waals surface area contributed by atoms with Crippen LogP contribution in [-0.2, 0) is 9.53 Å². The summed E-state index contributed by atoms with van der Waals surface area (Å²) in [6.45, 7) is 7.42. The van der Waals surface area contributed by atoms with Crippen molar-refractivity contribution < 1.29 is 9.53 Å². The Balaban J connectivity index is 2.18. The lowest BCUT2D eigenvalue weighted by Gasteiger charge is -2.32. The fourth-order valence-corrected chi connectivity index (χ4v) is 2.01. The molecule has 1 aliphatic heterocycles. The van der Waals surface area contributed by atoms with Crippen molar-refractivity contribution in [2.75, 3.05) is 26.2 Å². The third kappa shape index (κ3) is 5.50. The predicted molar refractivity (Wildman–Crippen MR) is 68.7 cm³/mol. The fourth-order valence-electron chi connectivity index (χ4n) is 2.01. The monoisotopic (exact) mass is 242 g/mol. The molecule has 0 aliphatic carbocycles. The minimum absolute atomic E-state index is 0.248. The van der Waals surface area contributed by atoms with E-state index in [-0.39, 0.29) is 5.91 Å². The zero-order chi connectivity index (χ0) is 12.7. The second-order valence-corrected chi connectivity index (χ2v) is 5.20. The molecule has 100 valence electrons. The van der Waals surface area contributed by atoms with Crippen LogP contribution in [0.25, 0.3) is 0 Å². The number of piperidine rings is 1. The molecule has 17 heavy (non-hydrogen) atoms. The molecule has 0 aromatic carbocycles. The highest BCUT2D eigenvalue weighted by Gasteiger charge is 2.22. The van der Waals surface area contributed by atoms with E-state index in [1.54, 1.807) is 0 Å². The Bertz CT molecular complexity index is 223. The first-order valence-corrected chi connectivity index (χ1v) is 6.73. The summed E-state index contributed by atoms with van der Waals surface area (Å²) in [6, 6.07) is 0. The average Bonchev–Trinajstić information content (AvgIpc) is 2.34. The van der Waals surface area contributed by atoms with Gasteiger partial charge in [0.15, 0.2) is 0 Å². The van der Waals surface area contributed by atoms with Gasteiger partial charge in [-0.15, -0.1) is 0 Å². The molecule has 0 aromatic rings. The molecule has 4 nitrogen and oxygen atoms in total. The minimum atomic E-state index is 0.248. The Hall–Kier alpha value is -0.610. The summed E-state index contributed by atoms with van der Waals surface area (Å²) in [4.78, 5) is 13.7. The van der Waals surface area contributed by atoms with Gasteiger partial charge in [0, 0.05) is 26.1 Å². The Morgan fingerprint density at radius 1 is 1.41 bits per heavy atom. The van der Waals surface area contributed by atoms with Gasteiger partial charge in [0.25, 0.3) is 0 Å². The van der Waals surface area contributed by atoms with E-state index in [0.717, 1.165) is 39.0 Å². The van der Waals surface area contributed by atoms with Gasteiger partial charge < -0.3 is 15.4 Å². The van der Waals surface area contributed by atoms with Gasteiger partial charge in [-0.1, -0.05) is 13.8 Å². The van der Waals surface area contributed by atoms with Gasteiger partial charge in [0.05, 0.1) is 6.10 Å². The number of hydrogen-bond acceptors (Lipinski definition) is 3.